The van der Waals surface area contributed by atoms with E-state index in [2.05, 4.69) is 4.18 Å². The smallest absolute Gasteiger partial charge is 0.336 e. The van der Waals surface area contributed by atoms with Crippen molar-refractivity contribution in [3.05, 3.63) is 0 Å². The molecule has 0 radical (unpaired) electrons. The first-order valence-corrected chi connectivity index (χ1v) is 6.14. The predicted molar refractivity (Wildman–Crippen MR) is 49.3 cm³/mol. The fourth-order valence-corrected chi connectivity index (χ4v) is 3.36. The lowest BCUT2D eigenvalue weighted by Gasteiger charge is -2.40. The maximum Gasteiger partial charge on any atom is 0.336 e. The van der Waals surface area contributed by atoms with Gasteiger partial charge in [-0.15, -0.1) is 0 Å². The molecule has 1 saturated carbocycles. The van der Waals surface area contributed by atoms with Crippen molar-refractivity contribution in [3.8, 4) is 0 Å². The van der Waals surface area contributed by atoms with E-state index in [-0.39, 0.29) is 0 Å². The van der Waals surface area contributed by atoms with Crippen molar-refractivity contribution in [1.82, 2.24) is 4.72 Å². The first kappa shape index (κ1) is 12.2. The number of aliphatic hydroxyl groups excluding tert-OH is 4. The molecule has 94 valence electrons. The molecule has 1 heterocycles. The number of nitrogens with one attached hydrogen (secondary N) is 1. The summed E-state index contributed by atoms with van der Waals surface area (Å²) >= 11 is 0. The summed E-state index contributed by atoms with van der Waals surface area (Å²) in [5.74, 6) is -0.965. The molecular formula is C7H13NO7S. The van der Waals surface area contributed by atoms with E-state index >= 15 is 0 Å². The van der Waals surface area contributed by atoms with Crippen molar-refractivity contribution in [2.75, 3.05) is 6.61 Å². The standard InChI is InChI=1S/C7H13NO7S/c9-1-2-4(10)6(12)5(11)3-7(2)15-16(13,14)8-3/h2-12H,1H2/t2-,3-,4+,5+,6+,7+/m1/s1. The van der Waals surface area contributed by atoms with Gasteiger partial charge in [-0.05, 0) is 0 Å². The van der Waals surface area contributed by atoms with Crippen LogP contribution in [-0.4, -0.2) is 65.9 Å². The molecule has 0 amide bonds. The van der Waals surface area contributed by atoms with Crippen molar-refractivity contribution < 1.29 is 33.0 Å². The molecule has 2 fully saturated rings. The molecule has 16 heavy (non-hydrogen) atoms. The molecule has 0 unspecified atom stereocenters. The van der Waals surface area contributed by atoms with Crippen LogP contribution in [0.5, 0.6) is 0 Å². The van der Waals surface area contributed by atoms with E-state index in [1.165, 1.54) is 0 Å². The highest BCUT2D eigenvalue weighted by Gasteiger charge is 2.55. The van der Waals surface area contributed by atoms with Gasteiger partial charge in [0.15, 0.2) is 0 Å². The first-order valence-electron chi connectivity index (χ1n) is 4.73. The third kappa shape index (κ3) is 1.74. The van der Waals surface area contributed by atoms with Gasteiger partial charge in [0.1, 0.15) is 18.3 Å². The van der Waals surface area contributed by atoms with Gasteiger partial charge < -0.3 is 20.4 Å². The Bertz CT molecular complexity index is 371. The molecule has 0 bridgehead atoms. The van der Waals surface area contributed by atoms with Crippen LogP contribution in [0.25, 0.3) is 0 Å². The van der Waals surface area contributed by atoms with Crippen LogP contribution in [0.15, 0.2) is 0 Å². The third-order valence-electron chi connectivity index (χ3n) is 3.01. The van der Waals surface area contributed by atoms with Gasteiger partial charge in [-0.2, -0.15) is 13.1 Å². The quantitative estimate of drug-likeness (QED) is 0.325. The molecule has 8 nitrogen and oxygen atoms in total. The van der Waals surface area contributed by atoms with Gasteiger partial charge in [0.05, 0.1) is 18.8 Å². The molecule has 2 aliphatic rings. The van der Waals surface area contributed by atoms with E-state index in [9.17, 15) is 23.7 Å². The molecule has 2 rings (SSSR count). The average molecular weight is 255 g/mol. The third-order valence-corrected chi connectivity index (χ3v) is 4.05. The van der Waals surface area contributed by atoms with E-state index in [4.69, 9.17) is 5.11 Å². The van der Waals surface area contributed by atoms with Gasteiger partial charge in [-0.25, -0.2) is 0 Å². The second kappa shape index (κ2) is 3.88. The maximum atomic E-state index is 11.1. The van der Waals surface area contributed by atoms with Crippen LogP contribution in [0, 0.1) is 5.92 Å². The van der Waals surface area contributed by atoms with Crippen LogP contribution < -0.4 is 4.72 Å². The fourth-order valence-electron chi connectivity index (χ4n) is 2.14. The van der Waals surface area contributed by atoms with E-state index in [1.54, 1.807) is 0 Å². The monoisotopic (exact) mass is 255 g/mol. The molecule has 6 atom stereocenters. The molecule has 5 N–H and O–H groups in total. The lowest BCUT2D eigenvalue weighted by atomic mass is 9.78. The molecule has 9 heteroatoms. The van der Waals surface area contributed by atoms with Crippen molar-refractivity contribution in [2.24, 2.45) is 5.92 Å². The van der Waals surface area contributed by atoms with Crippen molar-refractivity contribution in [1.29, 1.82) is 0 Å². The summed E-state index contributed by atoms with van der Waals surface area (Å²) < 4.78 is 28.9. The second-order valence-corrected chi connectivity index (χ2v) is 5.31. The van der Waals surface area contributed by atoms with Crippen LogP contribution in [0.1, 0.15) is 0 Å². The number of hydrogen-bond donors (Lipinski definition) is 5. The Hall–Kier alpha value is -0.290. The predicted octanol–water partition coefficient (Wildman–Crippen LogP) is -3.71. The minimum atomic E-state index is -3.99. The number of rotatable bonds is 1. The van der Waals surface area contributed by atoms with Gasteiger partial charge in [-0.1, -0.05) is 0 Å². The van der Waals surface area contributed by atoms with E-state index in [0.29, 0.717) is 0 Å². The molecule has 1 aliphatic carbocycles. The molecule has 0 aromatic rings. The zero-order valence-corrected chi connectivity index (χ0v) is 8.91. The van der Waals surface area contributed by atoms with Gasteiger partial charge in [-0.3, -0.25) is 4.18 Å². The zero-order valence-electron chi connectivity index (χ0n) is 8.09. The summed E-state index contributed by atoms with van der Waals surface area (Å²) in [5.41, 5.74) is 0. The van der Waals surface area contributed by atoms with Gasteiger partial charge in [0.25, 0.3) is 0 Å². The summed E-state index contributed by atoms with van der Waals surface area (Å²) in [5, 5.41) is 37.6. The lowest BCUT2D eigenvalue weighted by molar-refractivity contribution is -0.155. The number of fused-ring (bicyclic) bond motifs is 1. The Labute approximate surface area is 91.7 Å². The van der Waals surface area contributed by atoms with Crippen molar-refractivity contribution in [3.63, 3.8) is 0 Å². The summed E-state index contributed by atoms with van der Waals surface area (Å²) in [4.78, 5) is 0. The molecular weight excluding hydrogens is 242 g/mol. The largest absolute Gasteiger partial charge is 0.396 e. The average Bonchev–Trinajstić information content (AvgIpc) is 2.52. The van der Waals surface area contributed by atoms with Crippen LogP contribution in [-0.2, 0) is 14.5 Å². The van der Waals surface area contributed by atoms with E-state index < -0.39 is 53.3 Å². The Morgan fingerprint density at radius 3 is 2.31 bits per heavy atom. The molecule has 0 aromatic carbocycles. The number of aliphatic hydroxyl groups is 4. The highest BCUT2D eigenvalue weighted by atomic mass is 32.2. The van der Waals surface area contributed by atoms with E-state index in [0.717, 1.165) is 0 Å². The highest BCUT2D eigenvalue weighted by molar-refractivity contribution is 7.85. The Kier molecular flexibility index (Phi) is 2.95. The van der Waals surface area contributed by atoms with Crippen molar-refractivity contribution in [2.45, 2.75) is 30.5 Å². The molecule has 1 aliphatic heterocycles. The van der Waals surface area contributed by atoms with Crippen molar-refractivity contribution >= 4 is 10.3 Å². The lowest BCUT2D eigenvalue weighted by Crippen LogP contribution is -2.63. The van der Waals surface area contributed by atoms with Crippen LogP contribution in [0.4, 0.5) is 0 Å². The van der Waals surface area contributed by atoms with Crippen LogP contribution >= 0.6 is 0 Å². The van der Waals surface area contributed by atoms with Crippen LogP contribution in [0.3, 0.4) is 0 Å². The zero-order chi connectivity index (χ0) is 12.1. The SMILES string of the molecule is O=S1(=O)N[C@@H]2[C@H](O)[C@@H](O)[C@@H](O)[C@@H](CO)[C@@H]2O1. The molecule has 0 spiro atoms. The molecule has 1 saturated heterocycles. The minimum Gasteiger partial charge on any atom is -0.396 e. The normalized spacial score (nSPS) is 51.2. The number of hydrogen-bond acceptors (Lipinski definition) is 7. The Balaban J connectivity index is 2.32. The fraction of sp³-hybridized carbons (Fsp3) is 1.00. The van der Waals surface area contributed by atoms with Gasteiger partial charge in [0.2, 0.25) is 0 Å². The Morgan fingerprint density at radius 1 is 1.12 bits per heavy atom. The minimum absolute atomic E-state index is 0.552. The summed E-state index contributed by atoms with van der Waals surface area (Å²) in [6.45, 7) is -0.552. The summed E-state index contributed by atoms with van der Waals surface area (Å²) in [7, 11) is -3.99. The van der Waals surface area contributed by atoms with Gasteiger partial charge >= 0.3 is 10.3 Å². The van der Waals surface area contributed by atoms with Gasteiger partial charge in [0, 0.05) is 5.92 Å². The molecule has 0 aromatic heterocycles. The highest BCUT2D eigenvalue weighted by Crippen LogP contribution is 2.33. The summed E-state index contributed by atoms with van der Waals surface area (Å²) in [6.07, 6.45) is -5.51. The maximum absolute atomic E-state index is 11.1. The first-order chi connectivity index (χ1) is 7.37. The summed E-state index contributed by atoms with van der Waals surface area (Å²) in [6, 6.07) is -1.06. The van der Waals surface area contributed by atoms with E-state index in [1.807, 2.05) is 4.72 Å². The van der Waals surface area contributed by atoms with Crippen LogP contribution in [0.2, 0.25) is 0 Å². The Morgan fingerprint density at radius 2 is 1.75 bits per heavy atom. The topological polar surface area (TPSA) is 136 Å². The second-order valence-electron chi connectivity index (χ2n) is 3.98.